The molecule has 1 heterocycles. The van der Waals surface area contributed by atoms with Crippen molar-refractivity contribution in [1.29, 1.82) is 0 Å². The molecule has 0 bridgehead atoms. The van der Waals surface area contributed by atoms with Crippen LogP contribution in [0.15, 0.2) is 0 Å². The average molecular weight is 196 g/mol. The fourth-order valence-electron chi connectivity index (χ4n) is 1.28. The summed E-state index contributed by atoms with van der Waals surface area (Å²) in [4.78, 5) is 11.1. The van der Waals surface area contributed by atoms with Gasteiger partial charge in [-0.3, -0.25) is 4.79 Å². The summed E-state index contributed by atoms with van der Waals surface area (Å²) in [6.45, 7) is 0.496. The molecule has 0 amide bonds. The minimum absolute atomic E-state index is 0.101. The van der Waals surface area contributed by atoms with Crippen LogP contribution in [0.5, 0.6) is 0 Å². The van der Waals surface area contributed by atoms with Gasteiger partial charge >= 0.3 is 6.18 Å². The minimum Gasteiger partial charge on any atom is -0.380 e. The fraction of sp³-hybridized carbons (Fsp3) is 0.875. The van der Waals surface area contributed by atoms with Gasteiger partial charge in [-0.05, 0) is 6.42 Å². The van der Waals surface area contributed by atoms with Gasteiger partial charge in [0.15, 0.2) is 0 Å². The van der Waals surface area contributed by atoms with Gasteiger partial charge in [0.05, 0.1) is 13.2 Å². The second-order valence-corrected chi connectivity index (χ2v) is 3.14. The van der Waals surface area contributed by atoms with Crippen LogP contribution in [0.3, 0.4) is 0 Å². The smallest absolute Gasteiger partial charge is 0.380 e. The fourth-order valence-corrected chi connectivity index (χ4v) is 1.28. The lowest BCUT2D eigenvalue weighted by molar-refractivity contribution is -0.145. The number of carbonyl (C=O) groups is 1. The monoisotopic (exact) mass is 196 g/mol. The largest absolute Gasteiger partial charge is 0.389 e. The number of hydrogen-bond acceptors (Lipinski definition) is 2. The summed E-state index contributed by atoms with van der Waals surface area (Å²) in [6.07, 6.45) is -4.95. The highest BCUT2D eigenvalue weighted by atomic mass is 19.4. The quantitative estimate of drug-likeness (QED) is 0.674. The highest BCUT2D eigenvalue weighted by Crippen LogP contribution is 2.26. The van der Waals surface area contributed by atoms with Crippen molar-refractivity contribution in [1.82, 2.24) is 0 Å². The zero-order chi connectivity index (χ0) is 9.90. The lowest BCUT2D eigenvalue weighted by Gasteiger charge is -2.21. The van der Waals surface area contributed by atoms with Crippen molar-refractivity contribution in [2.24, 2.45) is 5.92 Å². The molecular weight excluding hydrogens is 185 g/mol. The maximum atomic E-state index is 11.8. The average Bonchev–Trinajstić information content (AvgIpc) is 2.01. The molecule has 1 fully saturated rings. The van der Waals surface area contributed by atoms with Gasteiger partial charge in [-0.2, -0.15) is 13.2 Å². The summed E-state index contributed by atoms with van der Waals surface area (Å²) in [5.74, 6) is -0.647. The van der Waals surface area contributed by atoms with Gasteiger partial charge in [-0.15, -0.1) is 0 Å². The highest BCUT2D eigenvalue weighted by Gasteiger charge is 2.31. The number of alkyl halides is 3. The molecule has 0 aromatic carbocycles. The van der Waals surface area contributed by atoms with Crippen LogP contribution in [0.4, 0.5) is 13.2 Å². The number of hydrogen-bond donors (Lipinski definition) is 0. The van der Waals surface area contributed by atoms with E-state index in [1.807, 2.05) is 0 Å². The number of Topliss-reactive ketones (excluding diaryl/α,β-unsaturated/α-hetero) is 1. The molecule has 0 aromatic rings. The summed E-state index contributed by atoms with van der Waals surface area (Å²) in [6, 6.07) is 0. The molecule has 5 heteroatoms. The van der Waals surface area contributed by atoms with E-state index >= 15 is 0 Å². The van der Waals surface area contributed by atoms with Crippen molar-refractivity contribution in [3.8, 4) is 0 Å². The van der Waals surface area contributed by atoms with Gasteiger partial charge in [-0.1, -0.05) is 0 Å². The van der Waals surface area contributed by atoms with Crippen molar-refractivity contribution in [3.63, 3.8) is 0 Å². The van der Waals surface area contributed by atoms with E-state index in [9.17, 15) is 18.0 Å². The van der Waals surface area contributed by atoms with Crippen LogP contribution in [-0.4, -0.2) is 25.2 Å². The molecule has 0 saturated carbocycles. The number of ketones is 1. The van der Waals surface area contributed by atoms with Gasteiger partial charge in [0, 0.05) is 18.8 Å². The lowest BCUT2D eigenvalue weighted by atomic mass is 9.95. The van der Waals surface area contributed by atoms with E-state index in [2.05, 4.69) is 0 Å². The highest BCUT2D eigenvalue weighted by molar-refractivity contribution is 5.81. The molecule has 1 aliphatic rings. The van der Waals surface area contributed by atoms with Crippen molar-refractivity contribution in [3.05, 3.63) is 0 Å². The molecule has 1 unspecified atom stereocenters. The van der Waals surface area contributed by atoms with Crippen LogP contribution < -0.4 is 0 Å². The molecule has 0 aliphatic carbocycles. The SMILES string of the molecule is O=C1CCOCC1CCC(F)(F)F. The van der Waals surface area contributed by atoms with E-state index < -0.39 is 18.5 Å². The first-order chi connectivity index (χ1) is 5.99. The van der Waals surface area contributed by atoms with Crippen molar-refractivity contribution < 1.29 is 22.7 Å². The minimum atomic E-state index is -4.17. The second-order valence-electron chi connectivity index (χ2n) is 3.14. The van der Waals surface area contributed by atoms with E-state index in [0.717, 1.165) is 0 Å². The number of carbonyl (C=O) groups excluding carboxylic acids is 1. The zero-order valence-corrected chi connectivity index (χ0v) is 7.06. The predicted octanol–water partition coefficient (Wildman–Crippen LogP) is 1.93. The molecule has 0 aromatic heterocycles. The topological polar surface area (TPSA) is 26.3 Å². The summed E-state index contributed by atoms with van der Waals surface area (Å²) in [5, 5.41) is 0. The molecule has 1 rings (SSSR count). The Morgan fingerprint density at radius 1 is 1.46 bits per heavy atom. The Bertz CT molecular complexity index is 188. The molecular formula is C8H11F3O2. The Morgan fingerprint density at radius 3 is 2.69 bits per heavy atom. The van der Waals surface area contributed by atoms with Gasteiger partial charge in [-0.25, -0.2) is 0 Å². The number of ether oxygens (including phenoxy) is 1. The third kappa shape index (κ3) is 3.76. The summed E-state index contributed by atoms with van der Waals surface area (Å²) in [5.41, 5.74) is 0. The molecule has 0 N–H and O–H groups in total. The summed E-state index contributed by atoms with van der Waals surface area (Å²) in [7, 11) is 0. The Hall–Kier alpha value is -0.580. The second kappa shape index (κ2) is 4.09. The third-order valence-electron chi connectivity index (χ3n) is 2.04. The first-order valence-electron chi connectivity index (χ1n) is 4.16. The van der Waals surface area contributed by atoms with E-state index in [-0.39, 0.29) is 25.2 Å². The van der Waals surface area contributed by atoms with Gasteiger partial charge in [0.25, 0.3) is 0 Å². The first kappa shape index (κ1) is 10.5. The Morgan fingerprint density at radius 2 is 2.15 bits per heavy atom. The lowest BCUT2D eigenvalue weighted by Crippen LogP contribution is -2.28. The standard InChI is InChI=1S/C8H11F3O2/c9-8(10,11)3-1-6-5-13-4-2-7(6)12/h6H,1-5H2. The molecule has 76 valence electrons. The molecule has 1 atom stereocenters. The number of rotatable bonds is 2. The molecule has 0 radical (unpaired) electrons. The Balaban J connectivity index is 2.31. The molecule has 1 saturated heterocycles. The number of halogens is 3. The van der Waals surface area contributed by atoms with Crippen molar-refractivity contribution >= 4 is 5.78 Å². The van der Waals surface area contributed by atoms with Crippen molar-refractivity contribution in [2.45, 2.75) is 25.4 Å². The van der Waals surface area contributed by atoms with E-state index in [0.29, 0.717) is 6.61 Å². The molecule has 0 spiro atoms. The van der Waals surface area contributed by atoms with Crippen LogP contribution in [0.2, 0.25) is 0 Å². The molecule has 2 nitrogen and oxygen atoms in total. The van der Waals surface area contributed by atoms with Gasteiger partial charge < -0.3 is 4.74 Å². The van der Waals surface area contributed by atoms with Crippen molar-refractivity contribution in [2.75, 3.05) is 13.2 Å². The first-order valence-corrected chi connectivity index (χ1v) is 4.16. The van der Waals surface area contributed by atoms with Crippen LogP contribution in [0, 0.1) is 5.92 Å². The maximum absolute atomic E-state index is 11.8. The Kier molecular flexibility index (Phi) is 3.30. The van der Waals surface area contributed by atoms with Crippen LogP contribution in [0.25, 0.3) is 0 Å². The van der Waals surface area contributed by atoms with Gasteiger partial charge in [0.1, 0.15) is 5.78 Å². The normalized spacial score (nSPS) is 24.8. The Labute approximate surface area is 74.1 Å². The van der Waals surface area contributed by atoms with Crippen LogP contribution in [-0.2, 0) is 9.53 Å². The van der Waals surface area contributed by atoms with Gasteiger partial charge in [0.2, 0.25) is 0 Å². The summed E-state index contributed by atoms with van der Waals surface area (Å²) >= 11 is 0. The zero-order valence-electron chi connectivity index (χ0n) is 7.06. The molecule has 1 aliphatic heterocycles. The summed E-state index contributed by atoms with van der Waals surface area (Å²) < 4.78 is 40.3. The maximum Gasteiger partial charge on any atom is 0.389 e. The third-order valence-corrected chi connectivity index (χ3v) is 2.04. The van der Waals surface area contributed by atoms with E-state index in [1.165, 1.54) is 0 Å². The van der Waals surface area contributed by atoms with Crippen LogP contribution in [0.1, 0.15) is 19.3 Å². The van der Waals surface area contributed by atoms with Crippen LogP contribution >= 0.6 is 0 Å². The predicted molar refractivity (Wildman–Crippen MR) is 39.2 cm³/mol. The molecule has 13 heavy (non-hydrogen) atoms. The van der Waals surface area contributed by atoms with E-state index in [4.69, 9.17) is 4.74 Å². The van der Waals surface area contributed by atoms with E-state index in [1.54, 1.807) is 0 Å².